The second-order valence-electron chi connectivity index (χ2n) is 11.5. The second kappa shape index (κ2) is 6.26. The third-order valence-electron chi connectivity index (χ3n) is 11.5. The van der Waals surface area contributed by atoms with Gasteiger partial charge in [-0.2, -0.15) is 0 Å². The summed E-state index contributed by atoms with van der Waals surface area (Å²) in [6.45, 7) is 4.07. The number of ether oxygens (including phenoxy) is 5. The Kier molecular flexibility index (Phi) is 4.11. The summed E-state index contributed by atoms with van der Waals surface area (Å²) in [5.41, 5.74) is -3.51. The predicted octanol–water partition coefficient (Wildman–Crippen LogP) is 0.389. The number of likely N-dealkylation sites (N-methyl/N-ethyl adjacent to an activating group) is 1. The van der Waals surface area contributed by atoms with Crippen molar-refractivity contribution in [3.63, 3.8) is 0 Å². The number of rotatable bonds is 4. The zero-order valence-electron chi connectivity index (χ0n) is 19.5. The zero-order valence-corrected chi connectivity index (χ0v) is 19.5. The standard InChI is InChI=1S/C24H37NO7/c1-5-25-10-12-6-7-15(29-3)23-16(12)19(26)24(20(23)25)22(31-11-32-24)9-14(28-2)13-8-21(23,27)18(22)17(13)30-4/h12-20,26-27H,5-11H2,1-4H3/t12-,13+,14-,15-,16-,17-,18-,19-,20-,21-,22+,23+,24-/m0/s1. The van der Waals surface area contributed by atoms with Crippen molar-refractivity contribution >= 4 is 0 Å². The van der Waals surface area contributed by atoms with E-state index < -0.39 is 28.3 Å². The molecule has 0 amide bonds. The topological polar surface area (TPSA) is 89.9 Å². The van der Waals surface area contributed by atoms with Gasteiger partial charge in [0.1, 0.15) is 18.0 Å². The van der Waals surface area contributed by atoms with Crippen molar-refractivity contribution in [2.45, 2.75) is 79.9 Å². The Balaban J connectivity index is 1.58. The number of hydrogen-bond acceptors (Lipinski definition) is 8. The molecule has 5 saturated carbocycles. The molecule has 0 aromatic heterocycles. The monoisotopic (exact) mass is 451 g/mol. The number of aliphatic hydroxyl groups is 2. The van der Waals surface area contributed by atoms with Crippen LogP contribution in [0.1, 0.15) is 32.6 Å². The number of piperidine rings is 1. The number of aliphatic hydroxyl groups excluding tert-OH is 1. The molecule has 7 fully saturated rings. The first-order valence-corrected chi connectivity index (χ1v) is 12.4. The fourth-order valence-corrected chi connectivity index (χ4v) is 11.0. The molecule has 7 bridgehead atoms. The summed E-state index contributed by atoms with van der Waals surface area (Å²) in [5, 5.41) is 25.4. The van der Waals surface area contributed by atoms with E-state index in [1.807, 2.05) is 0 Å². The Morgan fingerprint density at radius 2 is 1.88 bits per heavy atom. The minimum atomic E-state index is -1.09. The van der Waals surface area contributed by atoms with E-state index in [0.717, 1.165) is 25.9 Å². The highest BCUT2D eigenvalue weighted by Gasteiger charge is 2.96. The first-order chi connectivity index (χ1) is 15.4. The third-order valence-corrected chi connectivity index (χ3v) is 11.5. The van der Waals surface area contributed by atoms with Crippen LogP contribution in [0.5, 0.6) is 0 Å². The van der Waals surface area contributed by atoms with Crippen molar-refractivity contribution in [3.8, 4) is 0 Å². The van der Waals surface area contributed by atoms with E-state index in [-0.39, 0.29) is 48.9 Å². The zero-order chi connectivity index (χ0) is 22.3. The van der Waals surface area contributed by atoms with E-state index in [1.165, 1.54) is 0 Å². The van der Waals surface area contributed by atoms with E-state index in [2.05, 4.69) is 11.8 Å². The Morgan fingerprint density at radius 3 is 2.56 bits per heavy atom. The maximum absolute atomic E-state index is 13.1. The molecular weight excluding hydrogens is 414 g/mol. The van der Waals surface area contributed by atoms with Gasteiger partial charge in [0.2, 0.25) is 0 Å². The molecule has 8 nitrogen and oxygen atoms in total. The van der Waals surface area contributed by atoms with Crippen LogP contribution in [0.25, 0.3) is 0 Å². The summed E-state index contributed by atoms with van der Waals surface area (Å²) in [5.74, 6) is 0.00389. The SMILES string of the molecule is CCN1C[C@@H]2CC[C@H](OC)[C@]34[C@@H]2[C@H](O)[C@]2(OCO[C@@]25C[C@H](OC)[C@H]2C[C@]3(O)[C@@H]5[C@H]2OC)[C@@H]14. The van der Waals surface area contributed by atoms with Crippen LogP contribution < -0.4 is 0 Å². The Morgan fingerprint density at radius 1 is 1.06 bits per heavy atom. The van der Waals surface area contributed by atoms with Crippen molar-refractivity contribution in [2.24, 2.45) is 29.1 Å². The van der Waals surface area contributed by atoms with Gasteiger partial charge in [0.25, 0.3) is 0 Å². The molecule has 32 heavy (non-hydrogen) atoms. The van der Waals surface area contributed by atoms with E-state index in [9.17, 15) is 10.2 Å². The van der Waals surface area contributed by atoms with Crippen LogP contribution in [-0.2, 0) is 23.7 Å². The highest BCUT2D eigenvalue weighted by Crippen LogP contribution is 2.81. The van der Waals surface area contributed by atoms with E-state index in [4.69, 9.17) is 23.7 Å². The van der Waals surface area contributed by atoms with Gasteiger partial charge < -0.3 is 33.9 Å². The minimum absolute atomic E-state index is 0.0754. The Bertz CT molecular complexity index is 828. The number of fused-ring (bicyclic) bond motifs is 1. The van der Waals surface area contributed by atoms with Gasteiger partial charge >= 0.3 is 0 Å². The van der Waals surface area contributed by atoms with Crippen LogP contribution in [0.4, 0.5) is 0 Å². The van der Waals surface area contributed by atoms with Gasteiger partial charge in [-0.25, -0.2) is 0 Å². The molecule has 2 aliphatic heterocycles. The molecule has 7 rings (SSSR count). The van der Waals surface area contributed by atoms with Crippen molar-refractivity contribution in [3.05, 3.63) is 0 Å². The highest BCUT2D eigenvalue weighted by molar-refractivity contribution is 5.45. The van der Waals surface area contributed by atoms with Crippen molar-refractivity contribution in [2.75, 3.05) is 41.2 Å². The lowest BCUT2D eigenvalue weighted by Crippen LogP contribution is -2.85. The molecule has 2 saturated heterocycles. The predicted molar refractivity (Wildman–Crippen MR) is 112 cm³/mol. The van der Waals surface area contributed by atoms with Crippen molar-refractivity contribution < 1.29 is 33.9 Å². The molecular formula is C24H37NO7. The van der Waals surface area contributed by atoms with Gasteiger partial charge in [-0.1, -0.05) is 6.92 Å². The lowest BCUT2D eigenvalue weighted by molar-refractivity contribution is -0.324. The highest BCUT2D eigenvalue weighted by atomic mass is 16.7. The molecule has 0 aromatic carbocycles. The van der Waals surface area contributed by atoms with Gasteiger partial charge in [-0.15, -0.1) is 0 Å². The molecule has 3 spiro atoms. The number of methoxy groups -OCH3 is 3. The smallest absolute Gasteiger partial charge is 0.148 e. The molecule has 2 N–H and O–H groups in total. The molecule has 13 atom stereocenters. The number of hydrogen-bond donors (Lipinski definition) is 2. The molecule has 180 valence electrons. The molecule has 0 unspecified atom stereocenters. The van der Waals surface area contributed by atoms with Crippen molar-refractivity contribution in [1.82, 2.24) is 4.90 Å². The van der Waals surface area contributed by atoms with Gasteiger partial charge in [-0.05, 0) is 31.7 Å². The van der Waals surface area contributed by atoms with Crippen LogP contribution in [0.15, 0.2) is 0 Å². The van der Waals surface area contributed by atoms with E-state index in [1.54, 1.807) is 21.3 Å². The second-order valence-corrected chi connectivity index (χ2v) is 11.5. The average Bonchev–Trinajstić information content (AvgIpc) is 3.34. The van der Waals surface area contributed by atoms with Gasteiger partial charge in [0, 0.05) is 52.0 Å². The maximum atomic E-state index is 13.1. The molecule has 7 aliphatic rings. The lowest BCUT2D eigenvalue weighted by Gasteiger charge is -2.70. The first kappa shape index (κ1) is 21.0. The molecule has 8 heteroatoms. The minimum Gasteiger partial charge on any atom is -0.390 e. The van der Waals surface area contributed by atoms with Crippen molar-refractivity contribution in [1.29, 1.82) is 0 Å². The van der Waals surface area contributed by atoms with Crippen LogP contribution in [-0.4, -0.2) is 104 Å². The number of nitrogens with zero attached hydrogens (tertiary/aromatic N) is 1. The largest absolute Gasteiger partial charge is 0.390 e. The molecule has 5 aliphatic carbocycles. The van der Waals surface area contributed by atoms with Crippen LogP contribution in [0.3, 0.4) is 0 Å². The Labute approximate surface area is 189 Å². The van der Waals surface area contributed by atoms with Crippen LogP contribution >= 0.6 is 0 Å². The van der Waals surface area contributed by atoms with Crippen LogP contribution in [0, 0.1) is 29.1 Å². The summed E-state index contributed by atoms with van der Waals surface area (Å²) < 4.78 is 31.7. The first-order valence-electron chi connectivity index (χ1n) is 12.4. The summed E-state index contributed by atoms with van der Waals surface area (Å²) >= 11 is 0. The maximum Gasteiger partial charge on any atom is 0.148 e. The fourth-order valence-electron chi connectivity index (χ4n) is 11.0. The average molecular weight is 452 g/mol. The van der Waals surface area contributed by atoms with E-state index in [0.29, 0.717) is 18.8 Å². The van der Waals surface area contributed by atoms with Crippen LogP contribution in [0.2, 0.25) is 0 Å². The summed E-state index contributed by atoms with van der Waals surface area (Å²) in [6.07, 6.45) is 1.87. The van der Waals surface area contributed by atoms with Gasteiger partial charge in [0.15, 0.2) is 0 Å². The fraction of sp³-hybridized carbons (Fsp3) is 1.00. The molecule has 0 radical (unpaired) electrons. The summed E-state index contributed by atoms with van der Waals surface area (Å²) in [4.78, 5) is 2.47. The summed E-state index contributed by atoms with van der Waals surface area (Å²) in [6, 6.07) is -0.169. The Hall–Kier alpha value is -0.320. The quantitative estimate of drug-likeness (QED) is 0.635. The normalized spacial score (nSPS) is 64.1. The van der Waals surface area contributed by atoms with E-state index >= 15 is 0 Å². The van der Waals surface area contributed by atoms with Gasteiger partial charge in [0.05, 0.1) is 41.5 Å². The van der Waals surface area contributed by atoms with Gasteiger partial charge in [-0.3, -0.25) is 4.90 Å². The molecule has 0 aromatic rings. The lowest BCUT2D eigenvalue weighted by atomic mass is 9.43. The summed E-state index contributed by atoms with van der Waals surface area (Å²) in [7, 11) is 5.24. The molecule has 2 heterocycles. The third kappa shape index (κ3) is 1.73. The number of likely N-dealkylation sites (tertiary alicyclic amines) is 1.